The van der Waals surface area contributed by atoms with Crippen molar-refractivity contribution in [3.63, 3.8) is 0 Å². The number of thioether (sulfide) groups is 3. The standard InChI is InChI=1S/C30H39AsS3/c1-28(2,3)32-25-19-13-10-16-22(25)31(23-17-11-14-20-26(23)33-29(4,5)6)24-18-12-15-21-27(24)34-30(7,8)9/h10-21H,1-9H3. The van der Waals surface area contributed by atoms with Gasteiger partial charge in [-0.25, -0.2) is 0 Å². The van der Waals surface area contributed by atoms with Crippen LogP contribution >= 0.6 is 35.3 Å². The molecule has 0 amide bonds. The summed E-state index contributed by atoms with van der Waals surface area (Å²) in [6.45, 7) is 20.9. The Morgan fingerprint density at radius 3 is 0.882 bits per heavy atom. The molecule has 3 rings (SSSR count). The molecule has 0 bridgehead atoms. The van der Waals surface area contributed by atoms with E-state index in [2.05, 4.69) is 135 Å². The van der Waals surface area contributed by atoms with Crippen LogP contribution in [0.1, 0.15) is 62.3 Å². The Kier molecular flexibility index (Phi) is 9.11. The molecule has 0 nitrogen and oxygen atoms in total. The molecule has 0 aliphatic rings. The third-order valence-corrected chi connectivity index (χ3v) is 14.6. The Morgan fingerprint density at radius 1 is 0.412 bits per heavy atom. The average molecular weight is 571 g/mol. The van der Waals surface area contributed by atoms with Crippen LogP contribution in [0.4, 0.5) is 0 Å². The van der Waals surface area contributed by atoms with Crippen molar-refractivity contribution >= 4 is 63.0 Å². The molecule has 34 heavy (non-hydrogen) atoms. The Labute approximate surface area is 225 Å². The predicted molar refractivity (Wildman–Crippen MR) is 161 cm³/mol. The maximum atomic E-state index is 2.41. The molecule has 0 saturated carbocycles. The molecule has 0 heterocycles. The van der Waals surface area contributed by atoms with Gasteiger partial charge in [-0.1, -0.05) is 0 Å². The van der Waals surface area contributed by atoms with Gasteiger partial charge < -0.3 is 0 Å². The summed E-state index contributed by atoms with van der Waals surface area (Å²) in [6.07, 6.45) is 0. The van der Waals surface area contributed by atoms with Gasteiger partial charge in [-0.2, -0.15) is 0 Å². The van der Waals surface area contributed by atoms with E-state index in [1.165, 1.54) is 14.7 Å². The first-order valence-corrected chi connectivity index (χ1v) is 17.1. The monoisotopic (exact) mass is 570 g/mol. The summed E-state index contributed by atoms with van der Waals surface area (Å²) in [5.41, 5.74) is 0. The molecule has 0 unspecified atom stereocenters. The van der Waals surface area contributed by atoms with Crippen molar-refractivity contribution in [1.82, 2.24) is 0 Å². The van der Waals surface area contributed by atoms with Crippen molar-refractivity contribution in [2.24, 2.45) is 0 Å². The van der Waals surface area contributed by atoms with E-state index in [0.717, 1.165) is 0 Å². The molecule has 0 saturated heterocycles. The van der Waals surface area contributed by atoms with Crippen LogP contribution < -0.4 is 13.1 Å². The summed E-state index contributed by atoms with van der Waals surface area (Å²) in [7, 11) is 0. The summed E-state index contributed by atoms with van der Waals surface area (Å²) in [5, 5.41) is 0. The van der Waals surface area contributed by atoms with Gasteiger partial charge >= 0.3 is 227 Å². The fourth-order valence-corrected chi connectivity index (χ4v) is 13.8. The first-order valence-electron chi connectivity index (χ1n) is 11.9. The summed E-state index contributed by atoms with van der Waals surface area (Å²) >= 11 is 4.16. The number of rotatable bonds is 6. The second-order valence-electron chi connectivity index (χ2n) is 11.4. The molecule has 0 radical (unpaired) electrons. The number of benzene rings is 3. The van der Waals surface area contributed by atoms with Crippen molar-refractivity contribution in [3.05, 3.63) is 72.8 Å². The molecule has 0 spiro atoms. The molecule has 0 N–H and O–H groups in total. The molecular weight excluding hydrogens is 531 g/mol. The van der Waals surface area contributed by atoms with Crippen molar-refractivity contribution < 1.29 is 0 Å². The van der Waals surface area contributed by atoms with Gasteiger partial charge in [0.1, 0.15) is 0 Å². The van der Waals surface area contributed by atoms with Crippen LogP contribution in [0.3, 0.4) is 0 Å². The van der Waals surface area contributed by atoms with Crippen LogP contribution in [-0.2, 0) is 0 Å². The molecule has 3 aromatic rings. The molecule has 182 valence electrons. The SMILES string of the molecule is CC(C)(C)Sc1ccccc1[As](c1ccccc1SC(C)(C)C)c1ccccc1SC(C)(C)C. The molecule has 0 aromatic heterocycles. The summed E-state index contributed by atoms with van der Waals surface area (Å²) in [5.74, 6) is 0. The van der Waals surface area contributed by atoms with Gasteiger partial charge in [-0.05, 0) is 0 Å². The zero-order valence-corrected chi connectivity index (χ0v) is 26.4. The van der Waals surface area contributed by atoms with Crippen molar-refractivity contribution in [2.75, 3.05) is 0 Å². The van der Waals surface area contributed by atoms with Gasteiger partial charge in [0.05, 0.1) is 0 Å². The van der Waals surface area contributed by atoms with E-state index >= 15 is 0 Å². The van der Waals surface area contributed by atoms with E-state index < -0.39 is 14.7 Å². The second-order valence-corrected chi connectivity index (χ2v) is 21.4. The van der Waals surface area contributed by atoms with Crippen molar-refractivity contribution in [2.45, 2.75) is 91.2 Å². The molecule has 0 atom stereocenters. The van der Waals surface area contributed by atoms with Crippen LogP contribution in [0.5, 0.6) is 0 Å². The predicted octanol–water partition coefficient (Wildman–Crippen LogP) is 7.87. The van der Waals surface area contributed by atoms with Crippen LogP contribution in [0.25, 0.3) is 0 Å². The topological polar surface area (TPSA) is 0 Å². The van der Waals surface area contributed by atoms with Crippen LogP contribution in [0.2, 0.25) is 0 Å². The molecule has 0 aliphatic heterocycles. The Hall–Kier alpha value is -0.732. The third kappa shape index (κ3) is 8.16. The van der Waals surface area contributed by atoms with Crippen LogP contribution in [-0.4, -0.2) is 28.9 Å². The van der Waals surface area contributed by atoms with Crippen molar-refractivity contribution in [1.29, 1.82) is 0 Å². The first-order chi connectivity index (χ1) is 15.7. The van der Waals surface area contributed by atoms with Crippen LogP contribution in [0.15, 0.2) is 87.5 Å². The fourth-order valence-electron chi connectivity index (χ4n) is 3.56. The van der Waals surface area contributed by atoms with E-state index in [1.807, 2.05) is 35.3 Å². The van der Waals surface area contributed by atoms with E-state index in [0.29, 0.717) is 0 Å². The van der Waals surface area contributed by atoms with Gasteiger partial charge in [-0.3, -0.25) is 0 Å². The molecule has 0 fully saturated rings. The number of hydrogen-bond acceptors (Lipinski definition) is 3. The molecule has 3 aromatic carbocycles. The maximum absolute atomic E-state index is 2.41. The molecule has 0 aliphatic carbocycles. The fraction of sp³-hybridized carbons (Fsp3) is 0.400. The number of hydrogen-bond donors (Lipinski definition) is 0. The van der Waals surface area contributed by atoms with E-state index in [4.69, 9.17) is 0 Å². The van der Waals surface area contributed by atoms with Gasteiger partial charge in [0.15, 0.2) is 0 Å². The second kappa shape index (κ2) is 11.1. The van der Waals surface area contributed by atoms with E-state index in [9.17, 15) is 0 Å². The van der Waals surface area contributed by atoms with Gasteiger partial charge in [0.25, 0.3) is 0 Å². The minimum atomic E-state index is -1.85. The van der Waals surface area contributed by atoms with Crippen LogP contribution in [0, 0.1) is 0 Å². The zero-order valence-electron chi connectivity index (χ0n) is 22.1. The van der Waals surface area contributed by atoms with Crippen molar-refractivity contribution in [3.8, 4) is 0 Å². The Bertz CT molecular complexity index is 959. The van der Waals surface area contributed by atoms with Gasteiger partial charge in [-0.15, -0.1) is 0 Å². The van der Waals surface area contributed by atoms with Gasteiger partial charge in [0.2, 0.25) is 0 Å². The first kappa shape index (κ1) is 27.8. The summed E-state index contributed by atoms with van der Waals surface area (Å²) in [6, 6.07) is 27.6. The minimum absolute atomic E-state index is 0.162. The van der Waals surface area contributed by atoms with Gasteiger partial charge in [0, 0.05) is 0 Å². The quantitative estimate of drug-likeness (QED) is 0.219. The Balaban J connectivity index is 2.30. The normalized spacial score (nSPS) is 12.9. The molecular formula is C30H39AsS3. The third-order valence-electron chi connectivity index (χ3n) is 4.57. The summed E-state index contributed by atoms with van der Waals surface area (Å²) < 4.78 is 5.11. The Morgan fingerprint density at radius 2 is 0.647 bits per heavy atom. The van der Waals surface area contributed by atoms with E-state index in [1.54, 1.807) is 13.1 Å². The zero-order chi connectivity index (χ0) is 25.1. The molecule has 4 heteroatoms. The average Bonchev–Trinajstić information content (AvgIpc) is 2.68. The summed E-state index contributed by atoms with van der Waals surface area (Å²) in [4.78, 5) is 4.29. The van der Waals surface area contributed by atoms with E-state index in [-0.39, 0.29) is 14.2 Å².